The van der Waals surface area contributed by atoms with Gasteiger partial charge in [-0.3, -0.25) is 0 Å². The van der Waals surface area contributed by atoms with Gasteiger partial charge in [0.05, 0.1) is 24.9 Å². The number of benzene rings is 1. The molecule has 3 saturated carbocycles. The van der Waals surface area contributed by atoms with Crippen molar-refractivity contribution in [3.63, 3.8) is 0 Å². The molecule has 3 aliphatic carbocycles. The molecule has 4 rings (SSSR count). The first-order valence-electron chi connectivity index (χ1n) is 17.5. The average Bonchev–Trinajstić information content (AvgIpc) is 3.28. The van der Waals surface area contributed by atoms with E-state index in [0.717, 1.165) is 36.8 Å². The van der Waals surface area contributed by atoms with Crippen LogP contribution in [0.3, 0.4) is 0 Å². The third kappa shape index (κ3) is 7.82. The molecule has 4 nitrogen and oxygen atoms in total. The van der Waals surface area contributed by atoms with E-state index in [0.29, 0.717) is 11.5 Å². The number of hydrogen-bond donors (Lipinski definition) is 0. The highest BCUT2D eigenvalue weighted by molar-refractivity contribution is 6.74. The van der Waals surface area contributed by atoms with Crippen LogP contribution in [-0.2, 0) is 13.6 Å². The van der Waals surface area contributed by atoms with E-state index in [1.807, 2.05) is 18.2 Å². The maximum atomic E-state index is 12.2. The van der Waals surface area contributed by atoms with Gasteiger partial charge in [0.2, 0.25) is 0 Å². The zero-order valence-electron chi connectivity index (χ0n) is 31.1. The van der Waals surface area contributed by atoms with Crippen molar-refractivity contribution in [2.45, 2.75) is 142 Å². The number of carbonyl (C=O) groups is 1. The van der Waals surface area contributed by atoms with Crippen molar-refractivity contribution in [1.82, 2.24) is 0 Å². The fraction of sp³-hybridized carbons (Fsp3) is 0.625. The first kappa shape index (κ1) is 36.8. The summed E-state index contributed by atoms with van der Waals surface area (Å²) in [5.41, 5.74) is 7.33. The van der Waals surface area contributed by atoms with E-state index in [9.17, 15) is 4.79 Å². The van der Waals surface area contributed by atoms with Crippen molar-refractivity contribution in [1.29, 1.82) is 0 Å². The van der Waals surface area contributed by atoms with Crippen molar-refractivity contribution < 1.29 is 18.4 Å². The van der Waals surface area contributed by atoms with Crippen LogP contribution in [0.25, 0.3) is 6.08 Å². The summed E-state index contributed by atoms with van der Waals surface area (Å²) in [4.78, 5) is 12.2. The first-order chi connectivity index (χ1) is 21.2. The predicted octanol–water partition coefficient (Wildman–Crippen LogP) is 11.4. The number of hydrogen-bond acceptors (Lipinski definition) is 4. The molecule has 0 aromatic heterocycles. The summed E-state index contributed by atoms with van der Waals surface area (Å²) in [7, 11) is -2.52. The third-order valence-electron chi connectivity index (χ3n) is 12.2. The number of esters is 1. The number of carbonyl (C=O) groups excluding carboxylic acids is 1. The van der Waals surface area contributed by atoms with Crippen molar-refractivity contribution >= 4 is 28.7 Å². The van der Waals surface area contributed by atoms with Gasteiger partial charge in [-0.2, -0.15) is 0 Å². The van der Waals surface area contributed by atoms with Crippen LogP contribution in [0, 0.1) is 11.3 Å². The number of methoxy groups -OCH3 is 1. The molecule has 0 saturated heterocycles. The Kier molecular flexibility index (Phi) is 10.8. The lowest BCUT2D eigenvalue weighted by Crippen LogP contribution is -2.49. The van der Waals surface area contributed by atoms with Crippen LogP contribution in [0.15, 0.2) is 65.3 Å². The van der Waals surface area contributed by atoms with Crippen LogP contribution in [0.5, 0.6) is 0 Å². The molecule has 3 fully saturated rings. The molecule has 0 radical (unpaired) electrons. The van der Waals surface area contributed by atoms with E-state index in [-0.39, 0.29) is 33.7 Å². The Balaban J connectivity index is 1.63. The molecule has 0 aliphatic heterocycles. The molecule has 0 spiro atoms. The molecule has 0 unspecified atom stereocenters. The van der Waals surface area contributed by atoms with Gasteiger partial charge in [-0.05, 0) is 115 Å². The summed E-state index contributed by atoms with van der Waals surface area (Å²) in [6, 6.07) is 7.83. The Morgan fingerprint density at radius 2 is 1.63 bits per heavy atom. The van der Waals surface area contributed by atoms with E-state index in [4.69, 9.17) is 13.6 Å². The lowest BCUT2D eigenvalue weighted by atomic mass is 9.65. The van der Waals surface area contributed by atoms with Crippen LogP contribution in [0.1, 0.15) is 109 Å². The molecule has 0 amide bonds. The summed E-state index contributed by atoms with van der Waals surface area (Å²) in [5.74, 6) is 0.244. The number of fused-ring (bicyclic) bond motifs is 1. The van der Waals surface area contributed by atoms with E-state index < -0.39 is 16.6 Å². The lowest BCUT2D eigenvalue weighted by Gasteiger charge is -2.45. The topological polar surface area (TPSA) is 44.8 Å². The number of ether oxygens (including phenoxy) is 1. The van der Waals surface area contributed by atoms with Crippen LogP contribution in [-0.4, -0.2) is 41.9 Å². The Labute approximate surface area is 283 Å². The van der Waals surface area contributed by atoms with Crippen molar-refractivity contribution in [2.24, 2.45) is 11.3 Å². The van der Waals surface area contributed by atoms with Gasteiger partial charge in [-0.25, -0.2) is 4.79 Å². The number of allylic oxidation sites excluding steroid dienone is 4. The van der Waals surface area contributed by atoms with Crippen LogP contribution >= 0.6 is 0 Å². The molecule has 6 heteroatoms. The molecule has 4 atom stereocenters. The van der Waals surface area contributed by atoms with Gasteiger partial charge >= 0.3 is 5.97 Å². The van der Waals surface area contributed by atoms with Gasteiger partial charge < -0.3 is 13.6 Å². The molecule has 3 aliphatic rings. The average molecular weight is 663 g/mol. The molecular weight excluding hydrogens is 601 g/mol. The van der Waals surface area contributed by atoms with E-state index >= 15 is 0 Å². The Morgan fingerprint density at radius 1 is 0.978 bits per heavy atom. The van der Waals surface area contributed by atoms with E-state index in [1.165, 1.54) is 37.5 Å². The molecule has 1 aromatic carbocycles. The zero-order chi connectivity index (χ0) is 34.3. The standard InChI is InChI=1S/C40H62O4Si2/c1-28-31(26-34(43-45(10,11)38(2,3)4)27-36(28)44-46(12,13)39(5,6)7)20-19-30-18-15-23-40(8)33(21-22-35(30)40)25-29-16-14-17-32(24-29)37(41)42-9/h14,16-17,19-20,24-25,34-36H,1,15,18,21-23,26-27H2,2-13H3/b30-19+,31-20-,33-25-/t34-,35+,36+,40-/m1/s1. The summed E-state index contributed by atoms with van der Waals surface area (Å²) < 4.78 is 19.1. The van der Waals surface area contributed by atoms with Crippen LogP contribution in [0.2, 0.25) is 36.3 Å². The summed E-state index contributed by atoms with van der Waals surface area (Å²) in [6.45, 7) is 30.5. The van der Waals surface area contributed by atoms with Crippen LogP contribution < -0.4 is 0 Å². The molecular formula is C40H62O4Si2. The van der Waals surface area contributed by atoms with Crippen LogP contribution in [0.4, 0.5) is 0 Å². The van der Waals surface area contributed by atoms with Gasteiger partial charge in [0, 0.05) is 6.42 Å². The fourth-order valence-electron chi connectivity index (χ4n) is 7.17. The van der Waals surface area contributed by atoms with Gasteiger partial charge in [0.15, 0.2) is 16.6 Å². The fourth-order valence-corrected chi connectivity index (χ4v) is 9.84. The third-order valence-corrected chi connectivity index (χ3v) is 21.2. The second kappa shape index (κ2) is 13.5. The molecule has 0 bridgehead atoms. The Hall–Kier alpha value is -2.00. The quantitative estimate of drug-likeness (QED) is 0.215. The number of rotatable bonds is 7. The molecule has 254 valence electrons. The maximum Gasteiger partial charge on any atom is 0.337 e. The molecule has 0 N–H and O–H groups in total. The SMILES string of the molecule is C=C1/C(=C\C=C2/CCC[C@]3(C)/C(=C\c4cccc(C(=O)OC)c4)CC[C@@H]23)C[C@@H](O[Si](C)(C)C(C)(C)C)C[C@@H]1O[Si](C)(C)C(C)(C)C. The Bertz CT molecular complexity index is 1400. The normalized spacial score (nSPS) is 29.0. The van der Waals surface area contributed by atoms with Crippen molar-refractivity contribution in [3.8, 4) is 0 Å². The second-order valence-electron chi connectivity index (χ2n) is 17.4. The highest BCUT2D eigenvalue weighted by atomic mass is 28.4. The minimum absolute atomic E-state index is 0.00699. The monoisotopic (exact) mass is 662 g/mol. The molecule has 0 heterocycles. The summed E-state index contributed by atoms with van der Waals surface area (Å²) >= 11 is 0. The minimum atomic E-state index is -2.00. The van der Waals surface area contributed by atoms with E-state index in [1.54, 1.807) is 5.57 Å². The minimum Gasteiger partial charge on any atom is -0.465 e. The van der Waals surface area contributed by atoms with E-state index in [2.05, 4.69) is 106 Å². The smallest absolute Gasteiger partial charge is 0.337 e. The Morgan fingerprint density at radius 3 is 2.26 bits per heavy atom. The summed E-state index contributed by atoms with van der Waals surface area (Å²) in [5, 5.41) is 0.289. The van der Waals surface area contributed by atoms with Gasteiger partial charge in [0.1, 0.15) is 0 Å². The van der Waals surface area contributed by atoms with Gasteiger partial charge in [0.25, 0.3) is 0 Å². The maximum absolute atomic E-state index is 12.2. The van der Waals surface area contributed by atoms with Gasteiger partial charge in [-0.1, -0.05) is 96.6 Å². The van der Waals surface area contributed by atoms with Gasteiger partial charge in [-0.15, -0.1) is 0 Å². The second-order valence-corrected chi connectivity index (χ2v) is 26.9. The molecule has 46 heavy (non-hydrogen) atoms. The zero-order valence-corrected chi connectivity index (χ0v) is 33.1. The highest BCUT2D eigenvalue weighted by Crippen LogP contribution is 2.57. The first-order valence-corrected chi connectivity index (χ1v) is 23.3. The largest absolute Gasteiger partial charge is 0.465 e. The lowest BCUT2D eigenvalue weighted by molar-refractivity contribution is 0.0600. The predicted molar refractivity (Wildman–Crippen MR) is 199 cm³/mol. The van der Waals surface area contributed by atoms with Crippen molar-refractivity contribution in [3.05, 3.63) is 76.4 Å². The van der Waals surface area contributed by atoms with Crippen molar-refractivity contribution in [2.75, 3.05) is 7.11 Å². The summed E-state index contributed by atoms with van der Waals surface area (Å²) in [6.07, 6.45) is 14.9. The molecule has 1 aromatic rings. The highest BCUT2D eigenvalue weighted by Gasteiger charge is 2.47.